The number of hydrogen-bond acceptors (Lipinski definition) is 4. The molecule has 0 bridgehead atoms. The van der Waals surface area contributed by atoms with Crippen LogP contribution in [0.25, 0.3) is 0 Å². The molecule has 0 atom stereocenters. The summed E-state index contributed by atoms with van der Waals surface area (Å²) in [6, 6.07) is 10.6. The molecule has 0 fully saturated rings. The Balaban J connectivity index is 1.93. The zero-order valence-electron chi connectivity index (χ0n) is 12.5. The fourth-order valence-electron chi connectivity index (χ4n) is 2.80. The molecule has 0 saturated heterocycles. The van der Waals surface area contributed by atoms with Crippen LogP contribution in [0.15, 0.2) is 41.3 Å². The van der Waals surface area contributed by atoms with Crippen molar-refractivity contribution in [2.45, 2.75) is 31.1 Å². The van der Waals surface area contributed by atoms with Gasteiger partial charge in [-0.25, -0.2) is 8.42 Å². The first-order chi connectivity index (χ1) is 10.4. The fraction of sp³-hybridized carbons (Fsp3) is 0.250. The molecule has 1 N–H and O–H groups in total. The van der Waals surface area contributed by atoms with Gasteiger partial charge in [0.15, 0.2) is 9.84 Å². The third-order valence-corrected chi connectivity index (χ3v) is 5.74. The van der Waals surface area contributed by atoms with E-state index in [4.69, 9.17) is 4.65 Å². The molecule has 0 spiro atoms. The van der Waals surface area contributed by atoms with Crippen molar-refractivity contribution in [3.63, 3.8) is 0 Å². The molecular weight excluding hydrogens is 299 g/mol. The number of hydrogen-bond donors (Lipinski definition) is 1. The van der Waals surface area contributed by atoms with Gasteiger partial charge >= 0.3 is 7.12 Å². The van der Waals surface area contributed by atoms with Crippen molar-refractivity contribution in [3.8, 4) is 0 Å². The van der Waals surface area contributed by atoms with Crippen molar-refractivity contribution in [3.05, 3.63) is 58.7 Å². The molecule has 0 saturated carbocycles. The minimum atomic E-state index is -3.42. The van der Waals surface area contributed by atoms with Crippen LogP contribution in [-0.4, -0.2) is 20.6 Å². The van der Waals surface area contributed by atoms with E-state index >= 15 is 0 Å². The average Bonchev–Trinajstić information content (AvgIpc) is 2.79. The highest BCUT2D eigenvalue weighted by molar-refractivity contribution is 7.90. The summed E-state index contributed by atoms with van der Waals surface area (Å²) >= 11 is 0. The van der Waals surface area contributed by atoms with Gasteiger partial charge in [0.25, 0.3) is 0 Å². The molecule has 0 aliphatic carbocycles. The lowest BCUT2D eigenvalue weighted by molar-refractivity contribution is 0.275. The van der Waals surface area contributed by atoms with E-state index in [-0.39, 0.29) is 5.75 Å². The molecule has 114 valence electrons. The lowest BCUT2D eigenvalue weighted by Crippen LogP contribution is -2.28. The summed E-state index contributed by atoms with van der Waals surface area (Å²) in [5, 5.41) is 9.72. The molecule has 1 aliphatic rings. The fourth-order valence-corrected chi connectivity index (χ4v) is 4.40. The van der Waals surface area contributed by atoms with Gasteiger partial charge in [0, 0.05) is 0 Å². The first-order valence-corrected chi connectivity index (χ1v) is 8.73. The number of aryl methyl sites for hydroxylation is 2. The lowest BCUT2D eigenvalue weighted by Gasteiger charge is -2.10. The van der Waals surface area contributed by atoms with Crippen LogP contribution in [-0.2, 0) is 26.9 Å². The van der Waals surface area contributed by atoms with Crippen LogP contribution in [0.2, 0.25) is 0 Å². The van der Waals surface area contributed by atoms with Gasteiger partial charge in [0.05, 0.1) is 17.3 Å². The Morgan fingerprint density at radius 1 is 1.18 bits per heavy atom. The molecule has 1 heterocycles. The quantitative estimate of drug-likeness (QED) is 0.872. The SMILES string of the molecule is Cc1ccc(S(=O)(=O)Cc2ccc3c(c2)B(O)OC3)c(C)c1. The van der Waals surface area contributed by atoms with Crippen molar-refractivity contribution in [1.29, 1.82) is 0 Å². The standard InChI is InChI=1S/C16H17BO4S/c1-11-3-6-16(12(2)7-11)22(19,20)10-13-4-5-14-9-21-17(18)15(14)8-13/h3-8,18H,9-10H2,1-2H3. The molecule has 0 amide bonds. The van der Waals surface area contributed by atoms with Gasteiger partial charge in [-0.3, -0.25) is 0 Å². The van der Waals surface area contributed by atoms with Gasteiger partial charge in [-0.2, -0.15) is 0 Å². The average molecular weight is 316 g/mol. The van der Waals surface area contributed by atoms with Crippen molar-refractivity contribution in [1.82, 2.24) is 0 Å². The third-order valence-electron chi connectivity index (χ3n) is 3.90. The van der Waals surface area contributed by atoms with Gasteiger partial charge in [-0.15, -0.1) is 0 Å². The molecule has 6 heteroatoms. The minimum absolute atomic E-state index is 0.0864. The third kappa shape index (κ3) is 2.82. The number of sulfone groups is 1. The zero-order valence-corrected chi connectivity index (χ0v) is 13.4. The van der Waals surface area contributed by atoms with Crippen LogP contribution in [0.3, 0.4) is 0 Å². The molecule has 2 aromatic rings. The number of fused-ring (bicyclic) bond motifs is 1. The molecule has 0 radical (unpaired) electrons. The second kappa shape index (κ2) is 5.54. The number of benzene rings is 2. The molecule has 1 aliphatic heterocycles. The monoisotopic (exact) mass is 316 g/mol. The Hall–Kier alpha value is -1.63. The predicted molar refractivity (Wildman–Crippen MR) is 85.6 cm³/mol. The summed E-state index contributed by atoms with van der Waals surface area (Å²) in [6.07, 6.45) is 0. The van der Waals surface area contributed by atoms with E-state index < -0.39 is 17.0 Å². The molecule has 3 rings (SSSR count). The van der Waals surface area contributed by atoms with Gasteiger partial charge in [-0.05, 0) is 42.1 Å². The Morgan fingerprint density at radius 3 is 2.68 bits per heavy atom. The highest BCUT2D eigenvalue weighted by Crippen LogP contribution is 2.22. The molecule has 4 nitrogen and oxygen atoms in total. The molecular formula is C16H17BO4S. The van der Waals surface area contributed by atoms with E-state index in [1.807, 2.05) is 19.1 Å². The summed E-state index contributed by atoms with van der Waals surface area (Å²) in [5.74, 6) is -0.0864. The molecule has 22 heavy (non-hydrogen) atoms. The summed E-state index contributed by atoms with van der Waals surface area (Å²) < 4.78 is 30.4. The Bertz CT molecular complexity index is 830. The second-order valence-electron chi connectivity index (χ2n) is 5.72. The summed E-state index contributed by atoms with van der Waals surface area (Å²) in [4.78, 5) is 0.357. The van der Waals surface area contributed by atoms with E-state index in [2.05, 4.69) is 0 Å². The van der Waals surface area contributed by atoms with Crippen LogP contribution in [0.1, 0.15) is 22.3 Å². The topological polar surface area (TPSA) is 63.6 Å². The van der Waals surface area contributed by atoms with Crippen LogP contribution in [0, 0.1) is 13.8 Å². The first-order valence-electron chi connectivity index (χ1n) is 7.08. The Labute approximate surface area is 130 Å². The molecule has 0 aromatic heterocycles. The van der Waals surface area contributed by atoms with E-state index in [0.29, 0.717) is 22.5 Å². The van der Waals surface area contributed by atoms with Crippen LogP contribution < -0.4 is 5.46 Å². The largest absolute Gasteiger partial charge is 0.491 e. The highest BCUT2D eigenvalue weighted by atomic mass is 32.2. The molecule has 2 aromatic carbocycles. The second-order valence-corrected chi connectivity index (χ2v) is 7.68. The van der Waals surface area contributed by atoms with E-state index in [9.17, 15) is 13.4 Å². The smallest absolute Gasteiger partial charge is 0.423 e. The van der Waals surface area contributed by atoms with Gasteiger partial charge in [-0.1, -0.05) is 35.9 Å². The highest BCUT2D eigenvalue weighted by Gasteiger charge is 2.28. The van der Waals surface area contributed by atoms with Gasteiger partial charge in [0.2, 0.25) is 0 Å². The van der Waals surface area contributed by atoms with Gasteiger partial charge in [0.1, 0.15) is 0 Å². The summed E-state index contributed by atoms with van der Waals surface area (Å²) in [6.45, 7) is 4.10. The van der Waals surface area contributed by atoms with Crippen molar-refractivity contribution in [2.24, 2.45) is 0 Å². The van der Waals surface area contributed by atoms with Crippen molar-refractivity contribution in [2.75, 3.05) is 0 Å². The maximum absolute atomic E-state index is 12.6. The van der Waals surface area contributed by atoms with Crippen LogP contribution in [0.4, 0.5) is 0 Å². The first kappa shape index (κ1) is 15.3. The lowest BCUT2D eigenvalue weighted by atomic mass is 9.79. The normalized spacial score (nSPS) is 14.2. The van der Waals surface area contributed by atoms with Crippen LogP contribution >= 0.6 is 0 Å². The minimum Gasteiger partial charge on any atom is -0.423 e. The maximum atomic E-state index is 12.6. The molecule has 0 unspecified atom stereocenters. The Morgan fingerprint density at radius 2 is 1.95 bits per heavy atom. The van der Waals surface area contributed by atoms with Gasteiger partial charge < -0.3 is 9.68 Å². The van der Waals surface area contributed by atoms with Crippen molar-refractivity contribution < 1.29 is 18.1 Å². The van der Waals surface area contributed by atoms with Crippen LogP contribution in [0.5, 0.6) is 0 Å². The van der Waals surface area contributed by atoms with E-state index in [0.717, 1.165) is 16.7 Å². The summed E-state index contributed by atoms with van der Waals surface area (Å²) in [5.41, 5.74) is 4.01. The van der Waals surface area contributed by atoms with E-state index in [1.54, 1.807) is 31.2 Å². The van der Waals surface area contributed by atoms with E-state index in [1.165, 1.54) is 0 Å². The Kier molecular flexibility index (Phi) is 3.84. The maximum Gasteiger partial charge on any atom is 0.491 e. The summed E-state index contributed by atoms with van der Waals surface area (Å²) in [7, 11) is -4.38. The predicted octanol–water partition coefficient (Wildman–Crippen LogP) is 1.50. The van der Waals surface area contributed by atoms with Crippen molar-refractivity contribution >= 4 is 22.4 Å². The zero-order chi connectivity index (χ0) is 15.9. The number of rotatable bonds is 3.